The van der Waals surface area contributed by atoms with Crippen molar-refractivity contribution in [2.24, 2.45) is 0 Å². The molecule has 0 saturated carbocycles. The molecule has 5 rings (SSSR count). The van der Waals surface area contributed by atoms with Crippen LogP contribution in [0.1, 0.15) is 22.6 Å². The zero-order valence-corrected chi connectivity index (χ0v) is 19.3. The Morgan fingerprint density at radius 2 is 1.16 bits per heavy atom. The van der Waals surface area contributed by atoms with Crippen LogP contribution in [0.25, 0.3) is 5.31 Å². The van der Waals surface area contributed by atoms with Gasteiger partial charge in [-0.25, -0.2) is 0 Å². The van der Waals surface area contributed by atoms with Gasteiger partial charge in [0, 0.05) is 11.5 Å². The van der Waals surface area contributed by atoms with E-state index in [4.69, 9.17) is 0 Å². The first kappa shape index (κ1) is 20.7. The van der Waals surface area contributed by atoms with Gasteiger partial charge in [-0.2, -0.15) is 0 Å². The van der Waals surface area contributed by atoms with E-state index in [-0.39, 0.29) is 5.92 Å². The predicted molar refractivity (Wildman–Crippen MR) is 141 cm³/mol. The minimum atomic E-state index is -1.98. The molecule has 2 atom stereocenters. The van der Waals surface area contributed by atoms with E-state index in [2.05, 4.69) is 141 Å². The minimum Gasteiger partial charge on any atom is -0.0991 e. The van der Waals surface area contributed by atoms with Crippen LogP contribution < -0.4 is 10.6 Å². The molecule has 156 valence electrons. The van der Waals surface area contributed by atoms with Crippen molar-refractivity contribution in [2.75, 3.05) is 0 Å². The van der Waals surface area contributed by atoms with E-state index in [1.165, 1.54) is 32.6 Å². The fourth-order valence-corrected chi connectivity index (χ4v) is 10.3. The topological polar surface area (TPSA) is 0 Å². The molecule has 1 aliphatic rings. The SMILES string of the molecule is C=CC1C(c2ccc(C)cc2)C=C(c2ccccc2)[P+]1(c1ccccc1)c1ccccc1. The lowest BCUT2D eigenvalue weighted by molar-refractivity contribution is 0.888. The summed E-state index contributed by atoms with van der Waals surface area (Å²) < 4.78 is 0. The van der Waals surface area contributed by atoms with Crippen LogP contribution in [0.4, 0.5) is 0 Å². The third-order valence-electron chi connectivity index (χ3n) is 6.63. The van der Waals surface area contributed by atoms with E-state index >= 15 is 0 Å². The normalized spacial score (nSPS) is 19.3. The summed E-state index contributed by atoms with van der Waals surface area (Å²) in [6.07, 6.45) is 4.77. The highest BCUT2D eigenvalue weighted by Crippen LogP contribution is 2.77. The largest absolute Gasteiger partial charge is 0.120 e. The molecule has 0 saturated heterocycles. The van der Waals surface area contributed by atoms with Crippen molar-refractivity contribution in [3.8, 4) is 0 Å². The predicted octanol–water partition coefficient (Wildman–Crippen LogP) is 7.36. The molecule has 1 heterocycles. The van der Waals surface area contributed by atoms with Crippen LogP contribution in [0, 0.1) is 6.92 Å². The highest BCUT2D eigenvalue weighted by Gasteiger charge is 2.59. The van der Waals surface area contributed by atoms with Crippen LogP contribution >= 0.6 is 7.26 Å². The van der Waals surface area contributed by atoms with Gasteiger partial charge in [0.1, 0.15) is 28.8 Å². The van der Waals surface area contributed by atoms with Crippen LogP contribution in [-0.2, 0) is 0 Å². The highest BCUT2D eigenvalue weighted by atomic mass is 31.2. The summed E-state index contributed by atoms with van der Waals surface area (Å²) in [6, 6.07) is 42.3. The van der Waals surface area contributed by atoms with Crippen molar-refractivity contribution >= 4 is 23.2 Å². The molecular formula is C31H28P+. The van der Waals surface area contributed by atoms with E-state index in [1.54, 1.807) is 0 Å². The summed E-state index contributed by atoms with van der Waals surface area (Å²) in [5.74, 6) is 0.289. The van der Waals surface area contributed by atoms with Gasteiger partial charge in [0.05, 0.1) is 0 Å². The lowest BCUT2D eigenvalue weighted by Gasteiger charge is -2.32. The standard InChI is InChI=1S/C31H28P/c1-3-30-29(25-21-19-24(2)20-22-25)23-31(26-13-7-4-8-14-26)32(30,27-15-9-5-10-16-27)28-17-11-6-12-18-28/h3-23,29-30H,1H2,2H3/q+1. The summed E-state index contributed by atoms with van der Waals surface area (Å²) in [5, 5.41) is 4.30. The molecule has 0 aromatic heterocycles. The van der Waals surface area contributed by atoms with Gasteiger partial charge in [-0.05, 0) is 48.9 Å². The number of allylic oxidation sites excluding steroid dienone is 2. The maximum atomic E-state index is 4.40. The Morgan fingerprint density at radius 1 is 0.656 bits per heavy atom. The molecule has 0 radical (unpaired) electrons. The van der Waals surface area contributed by atoms with Crippen molar-refractivity contribution in [2.45, 2.75) is 18.5 Å². The Hall–Kier alpha value is -3.21. The maximum Gasteiger partial charge on any atom is 0.120 e. The average molecular weight is 432 g/mol. The first-order valence-corrected chi connectivity index (χ1v) is 13.1. The average Bonchev–Trinajstić information content (AvgIpc) is 3.22. The number of rotatable bonds is 5. The lowest BCUT2D eigenvalue weighted by Crippen LogP contribution is -2.30. The molecule has 0 amide bonds. The monoisotopic (exact) mass is 431 g/mol. The van der Waals surface area contributed by atoms with Crippen LogP contribution in [0.5, 0.6) is 0 Å². The Morgan fingerprint density at radius 3 is 1.66 bits per heavy atom. The van der Waals surface area contributed by atoms with Crippen LogP contribution in [0.2, 0.25) is 0 Å². The Balaban J connectivity index is 1.84. The molecule has 4 aromatic carbocycles. The van der Waals surface area contributed by atoms with E-state index in [0.29, 0.717) is 5.66 Å². The Bertz CT molecular complexity index is 1180. The Kier molecular flexibility index (Phi) is 5.64. The molecule has 1 aliphatic heterocycles. The smallest absolute Gasteiger partial charge is 0.0991 e. The number of hydrogen-bond donors (Lipinski definition) is 0. The van der Waals surface area contributed by atoms with Crippen molar-refractivity contribution in [1.82, 2.24) is 0 Å². The molecule has 0 N–H and O–H groups in total. The van der Waals surface area contributed by atoms with Gasteiger partial charge in [0.15, 0.2) is 0 Å². The molecular weight excluding hydrogens is 403 g/mol. The first-order valence-electron chi connectivity index (χ1n) is 11.2. The fourth-order valence-electron chi connectivity index (χ4n) is 5.18. The molecule has 1 heteroatoms. The highest BCUT2D eigenvalue weighted by molar-refractivity contribution is 7.98. The summed E-state index contributed by atoms with van der Waals surface area (Å²) in [7, 11) is -1.98. The third-order valence-corrected chi connectivity index (χ3v) is 11.5. The van der Waals surface area contributed by atoms with Crippen molar-refractivity contribution < 1.29 is 0 Å². The molecule has 0 fully saturated rings. The second kappa shape index (κ2) is 8.73. The molecule has 0 spiro atoms. The minimum absolute atomic E-state index is 0.289. The second-order valence-corrected chi connectivity index (χ2v) is 12.0. The first-order chi connectivity index (χ1) is 15.7. The van der Waals surface area contributed by atoms with Gasteiger partial charge < -0.3 is 0 Å². The summed E-state index contributed by atoms with van der Waals surface area (Å²) in [6.45, 7) is 6.56. The fraction of sp³-hybridized carbons (Fsp3) is 0.0968. The Labute approximate surface area is 192 Å². The van der Waals surface area contributed by atoms with Gasteiger partial charge >= 0.3 is 0 Å². The molecule has 0 aliphatic carbocycles. The van der Waals surface area contributed by atoms with Crippen molar-refractivity contribution in [1.29, 1.82) is 0 Å². The second-order valence-electron chi connectivity index (χ2n) is 8.47. The molecule has 32 heavy (non-hydrogen) atoms. The van der Waals surface area contributed by atoms with Crippen LogP contribution in [0.3, 0.4) is 0 Å². The maximum absolute atomic E-state index is 4.40. The van der Waals surface area contributed by atoms with Crippen LogP contribution in [0.15, 0.2) is 134 Å². The molecule has 0 bridgehead atoms. The van der Waals surface area contributed by atoms with E-state index < -0.39 is 7.26 Å². The zero-order chi connectivity index (χ0) is 22.0. The van der Waals surface area contributed by atoms with Crippen molar-refractivity contribution in [3.05, 3.63) is 151 Å². The molecule has 0 nitrogen and oxygen atoms in total. The van der Waals surface area contributed by atoms with E-state index in [0.717, 1.165) is 0 Å². The van der Waals surface area contributed by atoms with Gasteiger partial charge in [0.25, 0.3) is 0 Å². The van der Waals surface area contributed by atoms with Gasteiger partial charge in [-0.1, -0.05) is 103 Å². The van der Waals surface area contributed by atoms with E-state index in [9.17, 15) is 0 Å². The van der Waals surface area contributed by atoms with Gasteiger partial charge in [0.2, 0.25) is 0 Å². The van der Waals surface area contributed by atoms with Gasteiger partial charge in [-0.3, -0.25) is 0 Å². The number of benzene rings is 4. The summed E-state index contributed by atoms with van der Waals surface area (Å²) >= 11 is 0. The van der Waals surface area contributed by atoms with Crippen molar-refractivity contribution in [3.63, 3.8) is 0 Å². The quantitative estimate of drug-likeness (QED) is 0.229. The number of hydrogen-bond acceptors (Lipinski definition) is 0. The van der Waals surface area contributed by atoms with Crippen LogP contribution in [-0.4, -0.2) is 5.66 Å². The summed E-state index contributed by atoms with van der Waals surface area (Å²) in [5.41, 5.74) is 4.27. The molecule has 4 aromatic rings. The molecule has 2 unspecified atom stereocenters. The van der Waals surface area contributed by atoms with E-state index in [1.807, 2.05) is 0 Å². The lowest BCUT2D eigenvalue weighted by atomic mass is 9.94. The zero-order valence-electron chi connectivity index (χ0n) is 18.4. The number of aryl methyl sites for hydroxylation is 1. The third kappa shape index (κ3) is 3.36. The van der Waals surface area contributed by atoms with Gasteiger partial charge in [-0.15, -0.1) is 0 Å². The summed E-state index contributed by atoms with van der Waals surface area (Å²) in [4.78, 5) is 0.